The summed E-state index contributed by atoms with van der Waals surface area (Å²) in [5, 5.41) is 12.1. The molecule has 0 radical (unpaired) electrons. The molecule has 3 rings (SSSR count). The average Bonchev–Trinajstić information content (AvgIpc) is 3.07. The van der Waals surface area contributed by atoms with E-state index in [1.54, 1.807) is 0 Å². The second kappa shape index (κ2) is 10.0. The van der Waals surface area contributed by atoms with Crippen LogP contribution in [-0.4, -0.2) is 26.4 Å². The quantitative estimate of drug-likeness (QED) is 0.491. The minimum atomic E-state index is -0.0687. The monoisotopic (exact) mass is 438 g/mol. The maximum Gasteiger partial charge on any atom is 0.234 e. The van der Waals surface area contributed by atoms with Gasteiger partial charge in [0.15, 0.2) is 11.0 Å². The van der Waals surface area contributed by atoms with Gasteiger partial charge >= 0.3 is 0 Å². The molecule has 1 N–H and O–H groups in total. The number of amides is 1. The molecule has 7 heteroatoms. The standard InChI is InChI=1S/C24H30N4O2S/c1-15(2)19-11-10-16(3)12-21(19)30-13-22-26-27-24(28(22)6)31-14-23(29)25-20-9-7-8-17(4)18(20)5/h7-12,15H,13-14H2,1-6H3,(H,25,29). The first-order valence-corrected chi connectivity index (χ1v) is 11.3. The molecule has 0 aliphatic heterocycles. The lowest BCUT2D eigenvalue weighted by molar-refractivity contribution is -0.113. The molecule has 6 nitrogen and oxygen atoms in total. The summed E-state index contributed by atoms with van der Waals surface area (Å²) in [6, 6.07) is 12.2. The SMILES string of the molecule is Cc1ccc(C(C)C)c(OCc2nnc(SCC(=O)Nc3cccc(C)c3C)n2C)c1. The van der Waals surface area contributed by atoms with E-state index in [-0.39, 0.29) is 11.7 Å². The van der Waals surface area contributed by atoms with Gasteiger partial charge in [0.25, 0.3) is 0 Å². The number of benzene rings is 2. The molecule has 0 bridgehead atoms. The highest BCUT2D eigenvalue weighted by Gasteiger charge is 2.14. The van der Waals surface area contributed by atoms with Gasteiger partial charge in [0, 0.05) is 12.7 Å². The van der Waals surface area contributed by atoms with Gasteiger partial charge in [0.2, 0.25) is 5.91 Å². The molecule has 1 heterocycles. The van der Waals surface area contributed by atoms with E-state index >= 15 is 0 Å². The number of nitrogens with zero attached hydrogens (tertiary/aromatic N) is 3. The van der Waals surface area contributed by atoms with Gasteiger partial charge < -0.3 is 14.6 Å². The molecule has 0 unspecified atom stereocenters. The minimum absolute atomic E-state index is 0.0687. The zero-order valence-corrected chi connectivity index (χ0v) is 19.8. The van der Waals surface area contributed by atoms with Crippen LogP contribution in [0.15, 0.2) is 41.6 Å². The smallest absolute Gasteiger partial charge is 0.234 e. The molecule has 0 atom stereocenters. The highest BCUT2D eigenvalue weighted by atomic mass is 32.2. The van der Waals surface area contributed by atoms with Crippen LogP contribution in [0.2, 0.25) is 0 Å². The summed E-state index contributed by atoms with van der Waals surface area (Å²) in [6.45, 7) is 10.7. The Bertz CT molecular complexity index is 1080. The summed E-state index contributed by atoms with van der Waals surface area (Å²) in [4.78, 5) is 12.4. The van der Waals surface area contributed by atoms with Crippen LogP contribution in [0.3, 0.4) is 0 Å². The Hall–Kier alpha value is -2.80. The molecule has 0 aliphatic rings. The van der Waals surface area contributed by atoms with Crippen LogP contribution in [0.5, 0.6) is 5.75 Å². The number of carbonyl (C=O) groups excluding carboxylic acids is 1. The van der Waals surface area contributed by atoms with Crippen LogP contribution in [-0.2, 0) is 18.4 Å². The number of ether oxygens (including phenoxy) is 1. The van der Waals surface area contributed by atoms with Gasteiger partial charge in [-0.05, 0) is 61.1 Å². The lowest BCUT2D eigenvalue weighted by Crippen LogP contribution is -2.15. The number of hydrogen-bond acceptors (Lipinski definition) is 5. The molecule has 0 aliphatic carbocycles. The molecule has 0 saturated carbocycles. The van der Waals surface area contributed by atoms with Crippen molar-refractivity contribution in [2.24, 2.45) is 7.05 Å². The zero-order valence-electron chi connectivity index (χ0n) is 19.0. The van der Waals surface area contributed by atoms with Crippen molar-refractivity contribution in [1.29, 1.82) is 0 Å². The Balaban J connectivity index is 1.60. The second-order valence-corrected chi connectivity index (χ2v) is 8.97. The number of hydrogen-bond donors (Lipinski definition) is 1. The molecule has 0 saturated heterocycles. The second-order valence-electron chi connectivity index (χ2n) is 8.03. The van der Waals surface area contributed by atoms with Gasteiger partial charge in [-0.15, -0.1) is 10.2 Å². The van der Waals surface area contributed by atoms with E-state index in [4.69, 9.17) is 4.74 Å². The van der Waals surface area contributed by atoms with Crippen molar-refractivity contribution in [2.75, 3.05) is 11.1 Å². The van der Waals surface area contributed by atoms with Gasteiger partial charge in [0.05, 0.1) is 5.75 Å². The van der Waals surface area contributed by atoms with Crippen LogP contribution in [0.4, 0.5) is 5.69 Å². The number of thioether (sulfide) groups is 1. The van der Waals surface area contributed by atoms with Gasteiger partial charge in [-0.2, -0.15) is 0 Å². The number of aromatic nitrogens is 3. The Morgan fingerprint density at radius 2 is 1.94 bits per heavy atom. The van der Waals surface area contributed by atoms with Crippen LogP contribution >= 0.6 is 11.8 Å². The van der Waals surface area contributed by atoms with Crippen molar-refractivity contribution >= 4 is 23.4 Å². The van der Waals surface area contributed by atoms with E-state index in [1.807, 2.05) is 43.7 Å². The highest BCUT2D eigenvalue weighted by molar-refractivity contribution is 7.99. The number of carbonyl (C=O) groups is 1. The Morgan fingerprint density at radius 3 is 2.68 bits per heavy atom. The van der Waals surface area contributed by atoms with Crippen LogP contribution < -0.4 is 10.1 Å². The summed E-state index contributed by atoms with van der Waals surface area (Å²) in [7, 11) is 1.89. The van der Waals surface area contributed by atoms with E-state index in [0.717, 1.165) is 28.1 Å². The number of aryl methyl sites for hydroxylation is 2. The Morgan fingerprint density at radius 1 is 1.16 bits per heavy atom. The van der Waals surface area contributed by atoms with Crippen LogP contribution in [0, 0.1) is 20.8 Å². The molecule has 164 valence electrons. The minimum Gasteiger partial charge on any atom is -0.485 e. The maximum atomic E-state index is 12.4. The average molecular weight is 439 g/mol. The molecular weight excluding hydrogens is 408 g/mol. The molecule has 1 aromatic heterocycles. The molecule has 1 amide bonds. The topological polar surface area (TPSA) is 69.0 Å². The summed E-state index contributed by atoms with van der Waals surface area (Å²) in [6.07, 6.45) is 0. The molecule has 0 spiro atoms. The lowest BCUT2D eigenvalue weighted by Gasteiger charge is -2.14. The van der Waals surface area contributed by atoms with Gasteiger partial charge in [-0.3, -0.25) is 4.79 Å². The first kappa shape index (κ1) is 22.9. The molecule has 0 fully saturated rings. The third kappa shape index (κ3) is 5.67. The van der Waals surface area contributed by atoms with E-state index < -0.39 is 0 Å². The van der Waals surface area contributed by atoms with Gasteiger partial charge in [-0.25, -0.2) is 0 Å². The van der Waals surface area contributed by atoms with Crippen molar-refractivity contribution in [3.8, 4) is 5.75 Å². The molecular formula is C24H30N4O2S. The van der Waals surface area contributed by atoms with E-state index in [1.165, 1.54) is 17.3 Å². The summed E-state index contributed by atoms with van der Waals surface area (Å²) in [5.74, 6) is 2.15. The van der Waals surface area contributed by atoms with E-state index in [0.29, 0.717) is 23.5 Å². The van der Waals surface area contributed by atoms with E-state index in [2.05, 4.69) is 54.5 Å². The fourth-order valence-electron chi connectivity index (χ4n) is 3.19. The molecule has 3 aromatic rings. The largest absolute Gasteiger partial charge is 0.485 e. The zero-order chi connectivity index (χ0) is 22.5. The first-order valence-electron chi connectivity index (χ1n) is 10.4. The molecule has 2 aromatic carbocycles. The third-order valence-electron chi connectivity index (χ3n) is 5.28. The van der Waals surface area contributed by atoms with Gasteiger partial charge in [-0.1, -0.05) is 49.9 Å². The van der Waals surface area contributed by atoms with Crippen molar-refractivity contribution < 1.29 is 9.53 Å². The fourth-order valence-corrected chi connectivity index (χ4v) is 3.92. The van der Waals surface area contributed by atoms with Crippen molar-refractivity contribution in [3.63, 3.8) is 0 Å². The summed E-state index contributed by atoms with van der Waals surface area (Å²) < 4.78 is 7.95. The highest BCUT2D eigenvalue weighted by Crippen LogP contribution is 2.28. The molecule has 31 heavy (non-hydrogen) atoms. The Kier molecular flexibility index (Phi) is 7.38. The number of anilines is 1. The third-order valence-corrected chi connectivity index (χ3v) is 6.30. The van der Waals surface area contributed by atoms with Crippen LogP contribution in [0.25, 0.3) is 0 Å². The fraction of sp³-hybridized carbons (Fsp3) is 0.375. The van der Waals surface area contributed by atoms with Crippen molar-refractivity contribution in [3.05, 3.63) is 64.5 Å². The lowest BCUT2D eigenvalue weighted by atomic mass is 10.0. The number of rotatable bonds is 8. The Labute approximate surface area is 188 Å². The van der Waals surface area contributed by atoms with Crippen LogP contribution in [0.1, 0.15) is 47.8 Å². The summed E-state index contributed by atoms with van der Waals surface area (Å²) >= 11 is 1.36. The maximum absolute atomic E-state index is 12.4. The normalized spacial score (nSPS) is 11.1. The van der Waals surface area contributed by atoms with Crippen molar-refractivity contribution in [1.82, 2.24) is 14.8 Å². The predicted octanol–water partition coefficient (Wildman–Crippen LogP) is 5.17. The van der Waals surface area contributed by atoms with E-state index in [9.17, 15) is 4.79 Å². The number of nitrogens with one attached hydrogen (secondary N) is 1. The summed E-state index contributed by atoms with van der Waals surface area (Å²) in [5.41, 5.74) is 5.40. The van der Waals surface area contributed by atoms with Gasteiger partial charge in [0.1, 0.15) is 12.4 Å². The van der Waals surface area contributed by atoms with Crippen molar-refractivity contribution in [2.45, 2.75) is 52.3 Å². The predicted molar refractivity (Wildman–Crippen MR) is 126 cm³/mol. The first-order chi connectivity index (χ1) is 14.8.